The predicted molar refractivity (Wildman–Crippen MR) is 71.1 cm³/mol. The van der Waals surface area contributed by atoms with Gasteiger partial charge in [0, 0.05) is 12.6 Å². The molecule has 0 aromatic carbocycles. The van der Waals surface area contributed by atoms with Gasteiger partial charge in [0.25, 0.3) is 0 Å². The minimum absolute atomic E-state index is 0.305. The van der Waals surface area contributed by atoms with Gasteiger partial charge in [-0.2, -0.15) is 4.98 Å². The van der Waals surface area contributed by atoms with Crippen LogP contribution in [0, 0.1) is 17.7 Å². The summed E-state index contributed by atoms with van der Waals surface area (Å²) >= 11 is 0. The highest BCUT2D eigenvalue weighted by molar-refractivity contribution is 5.42. The maximum atomic E-state index is 13.7. The Bertz CT molecular complexity index is 410. The van der Waals surface area contributed by atoms with Crippen LogP contribution in [0.3, 0.4) is 0 Å². The van der Waals surface area contributed by atoms with Crippen molar-refractivity contribution in [1.82, 2.24) is 9.97 Å². The van der Waals surface area contributed by atoms with Crippen molar-refractivity contribution >= 4 is 11.8 Å². The number of nitrogens with zero attached hydrogens (tertiary/aromatic N) is 2. The summed E-state index contributed by atoms with van der Waals surface area (Å²) in [5.41, 5.74) is 0. The van der Waals surface area contributed by atoms with Gasteiger partial charge in [-0.15, -0.1) is 0 Å². The molecule has 0 amide bonds. The molecule has 0 saturated heterocycles. The zero-order chi connectivity index (χ0) is 13.1. The molecule has 100 valence electrons. The lowest BCUT2D eigenvalue weighted by molar-refractivity contribution is 0.434. The van der Waals surface area contributed by atoms with E-state index in [2.05, 4.69) is 34.4 Å². The Kier molecular flexibility index (Phi) is 3.99. The summed E-state index contributed by atoms with van der Waals surface area (Å²) in [6.45, 7) is 7.13. The lowest BCUT2D eigenvalue weighted by Gasteiger charge is -2.20. The molecule has 1 heterocycles. The minimum Gasteiger partial charge on any atom is -0.364 e. The molecule has 1 saturated carbocycles. The molecule has 3 atom stereocenters. The van der Waals surface area contributed by atoms with Crippen molar-refractivity contribution in [3.63, 3.8) is 0 Å². The summed E-state index contributed by atoms with van der Waals surface area (Å²) in [7, 11) is 0. The quantitative estimate of drug-likeness (QED) is 0.865. The standard InChI is InChI=1S/C13H21FN4/c1-4-15-13-16-7-10(14)12(18-13)17-11-6-5-8(2)9(11)3/h7-9,11H,4-6H2,1-3H3,(H2,15,16,17,18). The third-order valence-electron chi connectivity index (χ3n) is 3.87. The minimum atomic E-state index is -0.386. The molecule has 5 heteroatoms. The molecule has 1 aromatic heterocycles. The fourth-order valence-corrected chi connectivity index (χ4v) is 2.46. The van der Waals surface area contributed by atoms with E-state index in [1.807, 2.05) is 6.92 Å². The van der Waals surface area contributed by atoms with E-state index < -0.39 is 0 Å². The van der Waals surface area contributed by atoms with Crippen molar-refractivity contribution in [2.45, 2.75) is 39.7 Å². The molecule has 1 fully saturated rings. The Morgan fingerprint density at radius 2 is 2.17 bits per heavy atom. The van der Waals surface area contributed by atoms with E-state index in [0.717, 1.165) is 13.0 Å². The molecule has 3 unspecified atom stereocenters. The normalized spacial score (nSPS) is 27.2. The van der Waals surface area contributed by atoms with Crippen molar-refractivity contribution in [2.24, 2.45) is 11.8 Å². The Morgan fingerprint density at radius 1 is 1.39 bits per heavy atom. The zero-order valence-corrected chi connectivity index (χ0v) is 11.2. The highest BCUT2D eigenvalue weighted by Gasteiger charge is 2.30. The highest BCUT2D eigenvalue weighted by Crippen LogP contribution is 2.33. The van der Waals surface area contributed by atoms with Gasteiger partial charge >= 0.3 is 0 Å². The Morgan fingerprint density at radius 3 is 2.78 bits per heavy atom. The van der Waals surface area contributed by atoms with Gasteiger partial charge < -0.3 is 10.6 Å². The van der Waals surface area contributed by atoms with Gasteiger partial charge in [0.1, 0.15) is 0 Å². The number of hydrogen-bond acceptors (Lipinski definition) is 4. The smallest absolute Gasteiger partial charge is 0.224 e. The Hall–Kier alpha value is -1.39. The summed E-state index contributed by atoms with van der Waals surface area (Å²) in [6.07, 6.45) is 3.48. The van der Waals surface area contributed by atoms with Crippen LogP contribution in [-0.2, 0) is 0 Å². The third kappa shape index (κ3) is 2.71. The van der Waals surface area contributed by atoms with Crippen molar-refractivity contribution in [2.75, 3.05) is 17.2 Å². The van der Waals surface area contributed by atoms with Gasteiger partial charge in [-0.1, -0.05) is 13.8 Å². The molecule has 4 nitrogen and oxygen atoms in total. The van der Waals surface area contributed by atoms with Gasteiger partial charge in [0.2, 0.25) is 5.95 Å². The molecule has 0 aliphatic heterocycles. The van der Waals surface area contributed by atoms with Crippen molar-refractivity contribution in [1.29, 1.82) is 0 Å². The topological polar surface area (TPSA) is 49.8 Å². The van der Waals surface area contributed by atoms with Crippen LogP contribution < -0.4 is 10.6 Å². The van der Waals surface area contributed by atoms with Crippen LogP contribution in [0.15, 0.2) is 6.20 Å². The summed E-state index contributed by atoms with van der Waals surface area (Å²) in [4.78, 5) is 8.08. The predicted octanol–water partition coefficient (Wildman–Crippen LogP) is 2.89. The van der Waals surface area contributed by atoms with Crippen LogP contribution in [0.1, 0.15) is 33.6 Å². The van der Waals surface area contributed by atoms with Crippen LogP contribution in [0.4, 0.5) is 16.2 Å². The first-order valence-corrected chi connectivity index (χ1v) is 6.64. The largest absolute Gasteiger partial charge is 0.364 e. The molecule has 18 heavy (non-hydrogen) atoms. The van der Waals surface area contributed by atoms with Gasteiger partial charge in [-0.05, 0) is 31.6 Å². The van der Waals surface area contributed by atoms with E-state index in [4.69, 9.17) is 0 Å². The first kappa shape index (κ1) is 13.1. The number of nitrogens with one attached hydrogen (secondary N) is 2. The molecule has 1 aromatic rings. The molecule has 2 rings (SSSR count). The van der Waals surface area contributed by atoms with Gasteiger partial charge in [0.05, 0.1) is 6.20 Å². The van der Waals surface area contributed by atoms with E-state index in [1.165, 1.54) is 12.6 Å². The summed E-state index contributed by atoms with van der Waals surface area (Å²) in [6, 6.07) is 0.305. The van der Waals surface area contributed by atoms with Crippen LogP contribution in [0.5, 0.6) is 0 Å². The van der Waals surface area contributed by atoms with Crippen LogP contribution in [0.2, 0.25) is 0 Å². The fraction of sp³-hybridized carbons (Fsp3) is 0.692. The average Bonchev–Trinajstić information content (AvgIpc) is 2.66. The number of rotatable bonds is 4. The second kappa shape index (κ2) is 5.50. The number of hydrogen-bond donors (Lipinski definition) is 2. The average molecular weight is 252 g/mol. The summed E-state index contributed by atoms with van der Waals surface area (Å²) in [5, 5.41) is 6.21. The van der Waals surface area contributed by atoms with Crippen LogP contribution >= 0.6 is 0 Å². The van der Waals surface area contributed by atoms with Crippen molar-refractivity contribution in [3.8, 4) is 0 Å². The monoisotopic (exact) mass is 252 g/mol. The van der Waals surface area contributed by atoms with E-state index in [0.29, 0.717) is 29.6 Å². The lowest BCUT2D eigenvalue weighted by atomic mass is 9.98. The molecule has 1 aliphatic carbocycles. The SMILES string of the molecule is CCNc1ncc(F)c(NC2CCC(C)C2C)n1. The third-order valence-corrected chi connectivity index (χ3v) is 3.87. The lowest BCUT2D eigenvalue weighted by Crippen LogP contribution is -2.25. The number of halogens is 1. The molecule has 1 aliphatic rings. The number of aromatic nitrogens is 2. The van der Waals surface area contributed by atoms with Gasteiger partial charge in [0.15, 0.2) is 11.6 Å². The van der Waals surface area contributed by atoms with Gasteiger partial charge in [-0.3, -0.25) is 0 Å². The molecular formula is C13H21FN4. The molecular weight excluding hydrogens is 231 g/mol. The van der Waals surface area contributed by atoms with E-state index >= 15 is 0 Å². The van der Waals surface area contributed by atoms with Crippen molar-refractivity contribution < 1.29 is 4.39 Å². The maximum absolute atomic E-state index is 13.7. The zero-order valence-electron chi connectivity index (χ0n) is 11.2. The Balaban J connectivity index is 2.10. The van der Waals surface area contributed by atoms with Crippen LogP contribution in [0.25, 0.3) is 0 Å². The van der Waals surface area contributed by atoms with E-state index in [-0.39, 0.29) is 5.82 Å². The first-order chi connectivity index (χ1) is 8.61. The number of anilines is 2. The molecule has 0 spiro atoms. The molecule has 2 N–H and O–H groups in total. The Labute approximate surface area is 107 Å². The fourth-order valence-electron chi connectivity index (χ4n) is 2.46. The van der Waals surface area contributed by atoms with Crippen LogP contribution in [-0.4, -0.2) is 22.6 Å². The summed E-state index contributed by atoms with van der Waals surface area (Å²) in [5.74, 6) is 1.62. The summed E-state index contributed by atoms with van der Waals surface area (Å²) < 4.78 is 13.7. The highest BCUT2D eigenvalue weighted by atomic mass is 19.1. The van der Waals surface area contributed by atoms with E-state index in [9.17, 15) is 4.39 Å². The second-order valence-electron chi connectivity index (χ2n) is 5.09. The van der Waals surface area contributed by atoms with Gasteiger partial charge in [-0.25, -0.2) is 9.37 Å². The molecule has 0 radical (unpaired) electrons. The maximum Gasteiger partial charge on any atom is 0.224 e. The second-order valence-corrected chi connectivity index (χ2v) is 5.09. The van der Waals surface area contributed by atoms with Crippen molar-refractivity contribution in [3.05, 3.63) is 12.0 Å². The van der Waals surface area contributed by atoms with E-state index in [1.54, 1.807) is 0 Å². The molecule has 0 bridgehead atoms. The first-order valence-electron chi connectivity index (χ1n) is 6.64.